The van der Waals surface area contributed by atoms with Crippen LogP contribution < -0.4 is 16.0 Å². The fourth-order valence-electron chi connectivity index (χ4n) is 4.47. The summed E-state index contributed by atoms with van der Waals surface area (Å²) in [5.74, 6) is 1.91. The van der Waals surface area contributed by atoms with E-state index in [2.05, 4.69) is 38.2 Å². The lowest BCUT2D eigenvalue weighted by Crippen LogP contribution is -2.52. The van der Waals surface area contributed by atoms with Crippen molar-refractivity contribution in [3.8, 4) is 0 Å². The van der Waals surface area contributed by atoms with E-state index < -0.39 is 0 Å². The standard InChI is InChI=1S/C24H35N7O2S.2ClH/c1-16-9-10-18-17(15-16)21(30-22(27-18)23(32)26-11-5-14-34-2)28-19-7-3-4-8-20(19)29-24(25)31-12-6-13-33-31;;/h9-10,15,19-20H,3-8,11-14H2,1-2H3,(H2,25,29)(H,26,32)(H,27,28,30);2*1H/t19-,20+;;/m0../s1. The number of anilines is 1. The minimum absolute atomic E-state index is 0. The fourth-order valence-corrected chi connectivity index (χ4v) is 4.91. The molecular weight excluding hydrogens is 521 g/mol. The number of hydroxylamine groups is 2. The first-order valence-electron chi connectivity index (χ1n) is 12.1. The topological polar surface area (TPSA) is 115 Å². The third kappa shape index (κ3) is 7.74. The van der Waals surface area contributed by atoms with Crippen LogP contribution in [0.2, 0.25) is 0 Å². The lowest BCUT2D eigenvalue weighted by Gasteiger charge is -2.35. The second-order valence-electron chi connectivity index (χ2n) is 8.94. The van der Waals surface area contributed by atoms with Gasteiger partial charge in [-0.2, -0.15) is 11.8 Å². The van der Waals surface area contributed by atoms with Crippen molar-refractivity contribution in [3.05, 3.63) is 29.6 Å². The molecule has 36 heavy (non-hydrogen) atoms. The Morgan fingerprint density at radius 3 is 2.69 bits per heavy atom. The number of hydrogen-bond acceptors (Lipinski definition) is 7. The summed E-state index contributed by atoms with van der Waals surface area (Å²) in [5.41, 5.74) is 1.86. The Morgan fingerprint density at radius 2 is 1.97 bits per heavy atom. The first-order chi connectivity index (χ1) is 16.5. The Morgan fingerprint density at radius 1 is 1.19 bits per heavy atom. The predicted octanol–water partition coefficient (Wildman–Crippen LogP) is 4.15. The smallest absolute Gasteiger partial charge is 0.289 e. The van der Waals surface area contributed by atoms with Crippen LogP contribution in [0, 0.1) is 12.3 Å². The van der Waals surface area contributed by atoms with Gasteiger partial charge < -0.3 is 16.0 Å². The number of halogens is 2. The summed E-state index contributed by atoms with van der Waals surface area (Å²) < 4.78 is 0. The van der Waals surface area contributed by atoms with Crippen molar-refractivity contribution in [2.45, 2.75) is 57.5 Å². The van der Waals surface area contributed by atoms with Gasteiger partial charge in [0.15, 0.2) is 0 Å². The van der Waals surface area contributed by atoms with Crippen LogP contribution in [0.1, 0.15) is 54.7 Å². The number of guanidine groups is 1. The summed E-state index contributed by atoms with van der Waals surface area (Å²) in [5, 5.41) is 20.9. The summed E-state index contributed by atoms with van der Waals surface area (Å²) in [6.45, 7) is 4.04. The molecule has 1 aliphatic carbocycles. The average Bonchev–Trinajstić information content (AvgIpc) is 3.38. The number of aromatic nitrogens is 2. The van der Waals surface area contributed by atoms with Crippen molar-refractivity contribution in [1.82, 2.24) is 25.7 Å². The van der Waals surface area contributed by atoms with Gasteiger partial charge in [-0.05, 0) is 56.7 Å². The molecule has 1 aliphatic heterocycles. The second-order valence-corrected chi connectivity index (χ2v) is 9.93. The Balaban J connectivity index is 0.00000228. The van der Waals surface area contributed by atoms with E-state index in [0.29, 0.717) is 24.9 Å². The number of benzene rings is 1. The van der Waals surface area contributed by atoms with E-state index in [0.717, 1.165) is 67.3 Å². The van der Waals surface area contributed by atoms with Crippen LogP contribution in [-0.4, -0.2) is 70.7 Å². The number of nitrogens with zero attached hydrogens (tertiary/aromatic N) is 3. The number of amides is 1. The van der Waals surface area contributed by atoms with Crippen molar-refractivity contribution in [2.75, 3.05) is 37.0 Å². The van der Waals surface area contributed by atoms with Gasteiger partial charge in [-0.25, -0.2) is 15.0 Å². The number of carbonyl (C=O) groups excluding carboxylic acids is 1. The zero-order chi connectivity index (χ0) is 23.9. The molecule has 1 aromatic carbocycles. The van der Waals surface area contributed by atoms with Crippen LogP contribution in [0.3, 0.4) is 0 Å². The fraction of sp³-hybridized carbons (Fsp3) is 0.583. The van der Waals surface area contributed by atoms with Crippen LogP contribution in [-0.2, 0) is 4.84 Å². The van der Waals surface area contributed by atoms with Gasteiger partial charge in [-0.1, -0.05) is 24.5 Å². The third-order valence-corrected chi connectivity index (χ3v) is 6.97. The number of thioether (sulfide) groups is 1. The molecule has 2 heterocycles. The van der Waals surface area contributed by atoms with Crippen LogP contribution in [0.25, 0.3) is 10.9 Å². The van der Waals surface area contributed by atoms with Crippen LogP contribution >= 0.6 is 36.6 Å². The maximum absolute atomic E-state index is 12.8. The summed E-state index contributed by atoms with van der Waals surface area (Å²) in [4.78, 5) is 27.5. The number of nitrogens with one attached hydrogen (secondary N) is 4. The van der Waals surface area contributed by atoms with E-state index in [-0.39, 0.29) is 48.6 Å². The van der Waals surface area contributed by atoms with Gasteiger partial charge in [0.05, 0.1) is 18.7 Å². The molecule has 1 saturated carbocycles. The molecular formula is C24H37Cl2N7O2S. The van der Waals surface area contributed by atoms with Gasteiger partial charge in [-0.3, -0.25) is 15.0 Å². The van der Waals surface area contributed by atoms with Crippen molar-refractivity contribution in [2.24, 2.45) is 0 Å². The van der Waals surface area contributed by atoms with Crippen molar-refractivity contribution in [1.29, 1.82) is 5.41 Å². The van der Waals surface area contributed by atoms with Gasteiger partial charge in [-0.15, -0.1) is 24.8 Å². The molecule has 0 spiro atoms. The van der Waals surface area contributed by atoms with Crippen molar-refractivity contribution < 1.29 is 9.63 Å². The zero-order valence-corrected chi connectivity index (χ0v) is 23.3. The third-order valence-electron chi connectivity index (χ3n) is 6.28. The monoisotopic (exact) mass is 557 g/mol. The van der Waals surface area contributed by atoms with Crippen LogP contribution in [0.4, 0.5) is 5.82 Å². The lowest BCUT2D eigenvalue weighted by molar-refractivity contribution is -0.0489. The summed E-state index contributed by atoms with van der Waals surface area (Å²) in [6, 6.07) is 6.15. The van der Waals surface area contributed by atoms with Gasteiger partial charge in [0, 0.05) is 24.0 Å². The maximum atomic E-state index is 12.8. The predicted molar refractivity (Wildman–Crippen MR) is 152 cm³/mol. The molecule has 0 bridgehead atoms. The largest absolute Gasteiger partial charge is 0.365 e. The van der Waals surface area contributed by atoms with E-state index in [4.69, 9.17) is 10.2 Å². The van der Waals surface area contributed by atoms with Crippen LogP contribution in [0.15, 0.2) is 18.2 Å². The minimum atomic E-state index is -0.252. The molecule has 2 aromatic rings. The molecule has 12 heteroatoms. The van der Waals surface area contributed by atoms with Gasteiger partial charge in [0.1, 0.15) is 5.82 Å². The number of carbonyl (C=O) groups is 1. The van der Waals surface area contributed by atoms with E-state index in [1.807, 2.05) is 19.1 Å². The van der Waals surface area contributed by atoms with Gasteiger partial charge >= 0.3 is 0 Å². The number of fused-ring (bicyclic) bond motifs is 1. The molecule has 1 aromatic heterocycles. The van der Waals surface area contributed by atoms with E-state index >= 15 is 0 Å². The maximum Gasteiger partial charge on any atom is 0.289 e. The molecule has 1 amide bonds. The van der Waals surface area contributed by atoms with Crippen LogP contribution in [0.5, 0.6) is 0 Å². The Labute approximate surface area is 229 Å². The van der Waals surface area contributed by atoms with Crippen molar-refractivity contribution >= 4 is 65.2 Å². The average molecular weight is 559 g/mol. The first kappa shape index (κ1) is 30.2. The molecule has 2 fully saturated rings. The van der Waals surface area contributed by atoms with Gasteiger partial charge in [0.2, 0.25) is 11.8 Å². The number of rotatable bonds is 8. The molecule has 9 nitrogen and oxygen atoms in total. The minimum Gasteiger partial charge on any atom is -0.365 e. The number of aryl methyl sites for hydroxylation is 1. The molecule has 200 valence electrons. The summed E-state index contributed by atoms with van der Waals surface area (Å²) in [7, 11) is 0. The SMILES string of the molecule is CSCCCNC(=O)c1nc(N[C@H]2CCCC[C@H]2NC(=N)N2CCCO2)c2cc(C)ccc2n1.Cl.Cl. The van der Waals surface area contributed by atoms with Gasteiger partial charge in [0.25, 0.3) is 5.91 Å². The molecule has 4 N–H and O–H groups in total. The van der Waals surface area contributed by atoms with E-state index in [1.54, 1.807) is 16.8 Å². The molecule has 0 unspecified atom stereocenters. The molecule has 2 atom stereocenters. The molecule has 2 aliphatic rings. The summed E-state index contributed by atoms with van der Waals surface area (Å²) in [6.07, 6.45) is 8.03. The normalized spacial score (nSPS) is 19.2. The highest BCUT2D eigenvalue weighted by atomic mass is 35.5. The molecule has 4 rings (SSSR count). The van der Waals surface area contributed by atoms with E-state index in [1.165, 1.54) is 0 Å². The highest BCUT2D eigenvalue weighted by Crippen LogP contribution is 2.27. The first-order valence-corrected chi connectivity index (χ1v) is 13.5. The molecule has 0 radical (unpaired) electrons. The van der Waals surface area contributed by atoms with Crippen molar-refractivity contribution in [3.63, 3.8) is 0 Å². The highest BCUT2D eigenvalue weighted by Gasteiger charge is 2.29. The summed E-state index contributed by atoms with van der Waals surface area (Å²) >= 11 is 1.76. The molecule has 1 saturated heterocycles. The Bertz CT molecular complexity index is 1020. The second kappa shape index (κ2) is 14.7. The number of hydrogen-bond donors (Lipinski definition) is 4. The van der Waals surface area contributed by atoms with E-state index in [9.17, 15) is 4.79 Å². The Hall–Kier alpha value is -2.01. The highest BCUT2D eigenvalue weighted by molar-refractivity contribution is 7.98. The quantitative estimate of drug-likeness (QED) is 0.217. The lowest BCUT2D eigenvalue weighted by atomic mass is 9.90. The Kier molecular flexibility index (Phi) is 12.3. The zero-order valence-electron chi connectivity index (χ0n) is 20.8.